The molecule has 2 atom stereocenters. The molecule has 1 aromatic heterocycles. The van der Waals surface area contributed by atoms with Gasteiger partial charge in [0.25, 0.3) is 0 Å². The molecule has 2 heterocycles. The molecular formula is C20H20N6. The third kappa shape index (κ3) is 2.46. The van der Waals surface area contributed by atoms with Gasteiger partial charge >= 0.3 is 0 Å². The van der Waals surface area contributed by atoms with E-state index in [0.29, 0.717) is 19.1 Å². The molecule has 26 heavy (non-hydrogen) atoms. The van der Waals surface area contributed by atoms with Crippen LogP contribution in [0.15, 0.2) is 47.4 Å². The number of aromatic nitrogens is 1. The molecule has 0 saturated heterocycles. The van der Waals surface area contributed by atoms with Gasteiger partial charge in [0.05, 0.1) is 23.4 Å². The van der Waals surface area contributed by atoms with Crippen LogP contribution in [0.4, 0.5) is 0 Å². The first-order chi connectivity index (χ1) is 12.5. The second kappa shape index (κ2) is 6.64. The molecule has 0 spiro atoms. The van der Waals surface area contributed by atoms with Crippen LogP contribution in [-0.2, 0) is 0 Å². The Labute approximate surface area is 153 Å². The molecule has 0 aromatic carbocycles. The molecule has 130 valence electrons. The average molecular weight is 344 g/mol. The lowest BCUT2D eigenvalue weighted by molar-refractivity contribution is 0.174. The Morgan fingerprint density at radius 1 is 1.31 bits per heavy atom. The number of nitriles is 3. The van der Waals surface area contributed by atoms with Crippen molar-refractivity contribution < 1.29 is 0 Å². The lowest BCUT2D eigenvalue weighted by atomic mass is 9.58. The molecule has 1 aliphatic heterocycles. The topological polar surface area (TPSA) is 114 Å². The summed E-state index contributed by atoms with van der Waals surface area (Å²) in [5.41, 5.74) is 6.64. The Hall–Kier alpha value is -3.14. The molecule has 0 amide bonds. The second-order valence-corrected chi connectivity index (χ2v) is 7.01. The van der Waals surface area contributed by atoms with Crippen LogP contribution in [0.5, 0.6) is 0 Å². The number of rotatable bonds is 2. The number of nitrogens with zero attached hydrogens (tertiary/aromatic N) is 5. The van der Waals surface area contributed by atoms with Crippen LogP contribution in [0.1, 0.15) is 25.3 Å². The summed E-state index contributed by atoms with van der Waals surface area (Å²) in [7, 11) is 0. The Balaban J connectivity index is 2.29. The van der Waals surface area contributed by atoms with Gasteiger partial charge in [-0.05, 0) is 31.1 Å². The van der Waals surface area contributed by atoms with E-state index < -0.39 is 11.3 Å². The molecule has 1 aliphatic carbocycles. The first-order valence-corrected chi connectivity index (χ1v) is 8.57. The molecule has 2 N–H and O–H groups in total. The van der Waals surface area contributed by atoms with Gasteiger partial charge in [0.15, 0.2) is 5.41 Å². The molecule has 0 saturated carbocycles. The number of hydrogen-bond donors (Lipinski definition) is 1. The van der Waals surface area contributed by atoms with E-state index in [0.717, 1.165) is 11.1 Å². The fourth-order valence-electron chi connectivity index (χ4n) is 4.06. The molecule has 0 fully saturated rings. The number of fused-ring (bicyclic) bond motifs is 1. The maximum absolute atomic E-state index is 9.97. The minimum absolute atomic E-state index is 0.0550. The largest absolute Gasteiger partial charge is 0.399 e. The normalized spacial score (nSPS) is 24.8. The molecule has 0 unspecified atom stereocenters. The minimum Gasteiger partial charge on any atom is -0.399 e. The summed E-state index contributed by atoms with van der Waals surface area (Å²) in [5, 5.41) is 29.6. The Bertz CT molecular complexity index is 877. The fraction of sp³-hybridized carbons (Fsp3) is 0.400. The molecule has 0 radical (unpaired) electrons. The summed E-state index contributed by atoms with van der Waals surface area (Å²) in [6.45, 7) is 5.59. The number of nitrogens with two attached hydrogens (primary N) is 1. The van der Waals surface area contributed by atoms with Crippen LogP contribution in [0, 0.1) is 45.3 Å². The van der Waals surface area contributed by atoms with Crippen molar-refractivity contribution >= 4 is 0 Å². The quantitative estimate of drug-likeness (QED) is 0.880. The van der Waals surface area contributed by atoms with Gasteiger partial charge in [0.2, 0.25) is 0 Å². The van der Waals surface area contributed by atoms with Crippen molar-refractivity contribution in [3.05, 3.63) is 53.0 Å². The zero-order valence-corrected chi connectivity index (χ0v) is 14.8. The van der Waals surface area contributed by atoms with Crippen molar-refractivity contribution in [2.24, 2.45) is 17.1 Å². The molecule has 3 rings (SSSR count). The van der Waals surface area contributed by atoms with Gasteiger partial charge in [-0.25, -0.2) is 0 Å². The molecular weight excluding hydrogens is 324 g/mol. The third-order valence-corrected chi connectivity index (χ3v) is 5.47. The molecule has 6 nitrogen and oxygen atoms in total. The van der Waals surface area contributed by atoms with Gasteiger partial charge in [-0.2, -0.15) is 15.8 Å². The minimum atomic E-state index is -1.59. The molecule has 0 bridgehead atoms. The zero-order valence-electron chi connectivity index (χ0n) is 14.8. The van der Waals surface area contributed by atoms with Crippen molar-refractivity contribution in [3.8, 4) is 18.2 Å². The first-order valence-electron chi connectivity index (χ1n) is 8.57. The van der Waals surface area contributed by atoms with E-state index in [4.69, 9.17) is 5.73 Å². The van der Waals surface area contributed by atoms with Crippen LogP contribution >= 0.6 is 0 Å². The summed E-state index contributed by atoms with van der Waals surface area (Å²) in [6, 6.07) is 10.4. The van der Waals surface area contributed by atoms with Crippen molar-refractivity contribution in [2.75, 3.05) is 13.1 Å². The molecule has 2 aliphatic rings. The van der Waals surface area contributed by atoms with E-state index in [1.807, 2.05) is 12.1 Å². The van der Waals surface area contributed by atoms with E-state index >= 15 is 0 Å². The predicted molar refractivity (Wildman–Crippen MR) is 95.7 cm³/mol. The SMILES string of the molecule is CC(C)N1CC=C2C(C#N)=C(N)C(C#N)(C#N)[C@H](c3cccnc3)[C@@H]2C1. The van der Waals surface area contributed by atoms with Gasteiger partial charge in [0, 0.05) is 43.4 Å². The van der Waals surface area contributed by atoms with Crippen molar-refractivity contribution in [1.29, 1.82) is 15.8 Å². The van der Waals surface area contributed by atoms with Crippen LogP contribution in [-0.4, -0.2) is 29.0 Å². The van der Waals surface area contributed by atoms with Gasteiger partial charge in [0.1, 0.15) is 6.07 Å². The van der Waals surface area contributed by atoms with Crippen molar-refractivity contribution in [1.82, 2.24) is 9.88 Å². The van der Waals surface area contributed by atoms with Crippen LogP contribution in [0.3, 0.4) is 0 Å². The highest BCUT2D eigenvalue weighted by molar-refractivity contribution is 5.59. The van der Waals surface area contributed by atoms with Gasteiger partial charge in [-0.3, -0.25) is 9.88 Å². The summed E-state index contributed by atoms with van der Waals surface area (Å²) >= 11 is 0. The highest BCUT2D eigenvalue weighted by Gasteiger charge is 2.54. The van der Waals surface area contributed by atoms with Crippen LogP contribution < -0.4 is 5.73 Å². The Morgan fingerprint density at radius 2 is 2.04 bits per heavy atom. The van der Waals surface area contributed by atoms with E-state index in [2.05, 4.69) is 41.9 Å². The van der Waals surface area contributed by atoms with E-state index in [1.165, 1.54) is 0 Å². The van der Waals surface area contributed by atoms with E-state index in [1.54, 1.807) is 18.5 Å². The smallest absolute Gasteiger partial charge is 0.191 e. The van der Waals surface area contributed by atoms with Gasteiger partial charge in [-0.15, -0.1) is 0 Å². The zero-order chi connectivity index (χ0) is 18.9. The summed E-state index contributed by atoms with van der Waals surface area (Å²) in [4.78, 5) is 6.45. The summed E-state index contributed by atoms with van der Waals surface area (Å²) in [5.74, 6) is -0.646. The Kier molecular flexibility index (Phi) is 4.51. The second-order valence-electron chi connectivity index (χ2n) is 7.01. The van der Waals surface area contributed by atoms with Crippen LogP contribution in [0.2, 0.25) is 0 Å². The van der Waals surface area contributed by atoms with Crippen molar-refractivity contribution in [3.63, 3.8) is 0 Å². The average Bonchev–Trinajstić information content (AvgIpc) is 2.67. The Morgan fingerprint density at radius 3 is 2.58 bits per heavy atom. The molecule has 1 aromatic rings. The highest BCUT2D eigenvalue weighted by atomic mass is 15.2. The lowest BCUT2D eigenvalue weighted by Gasteiger charge is -2.46. The highest BCUT2D eigenvalue weighted by Crippen LogP contribution is 2.54. The standard InChI is InChI=1S/C20H20N6/c1-13(2)26-7-5-15-16(8-21)19(24)20(11-22,12-23)18(17(15)10-26)14-4-3-6-25-9-14/h3-6,9,13,17-18H,7,10,24H2,1-2H3/t17-,18-/m1/s1. The van der Waals surface area contributed by atoms with Gasteiger partial charge < -0.3 is 5.73 Å². The first kappa shape index (κ1) is 17.7. The number of hydrogen-bond acceptors (Lipinski definition) is 6. The fourth-order valence-corrected chi connectivity index (χ4v) is 4.06. The third-order valence-electron chi connectivity index (χ3n) is 5.47. The maximum Gasteiger partial charge on any atom is 0.191 e. The number of pyridine rings is 1. The monoisotopic (exact) mass is 344 g/mol. The van der Waals surface area contributed by atoms with Crippen LogP contribution in [0.25, 0.3) is 0 Å². The number of allylic oxidation sites excluding steroid dienone is 2. The summed E-state index contributed by atoms with van der Waals surface area (Å²) in [6.07, 6.45) is 5.36. The summed E-state index contributed by atoms with van der Waals surface area (Å²) < 4.78 is 0. The predicted octanol–water partition coefficient (Wildman–Crippen LogP) is 2.22. The maximum atomic E-state index is 9.97. The van der Waals surface area contributed by atoms with E-state index in [-0.39, 0.29) is 17.2 Å². The van der Waals surface area contributed by atoms with Crippen molar-refractivity contribution in [2.45, 2.75) is 25.8 Å². The van der Waals surface area contributed by atoms with E-state index in [9.17, 15) is 15.8 Å². The molecule has 6 heteroatoms. The lowest BCUT2D eigenvalue weighted by Crippen LogP contribution is -2.49. The van der Waals surface area contributed by atoms with Gasteiger partial charge in [-0.1, -0.05) is 12.1 Å².